The van der Waals surface area contributed by atoms with Crippen molar-refractivity contribution in [3.05, 3.63) is 35.8 Å². The van der Waals surface area contributed by atoms with Crippen LogP contribution in [0.15, 0.2) is 24.4 Å². The first-order valence-corrected chi connectivity index (χ1v) is 5.01. The van der Waals surface area contributed by atoms with Gasteiger partial charge in [0, 0.05) is 29.6 Å². The Balaban J connectivity index is 2.29. The predicted octanol–water partition coefficient (Wildman–Crippen LogP) is 2.05. The number of nitrogens with one attached hydrogen (secondary N) is 1. The van der Waals surface area contributed by atoms with E-state index < -0.39 is 5.97 Å². The maximum Gasteiger partial charge on any atom is 0.303 e. The first-order valence-electron chi connectivity index (χ1n) is 5.01. The molecule has 17 heavy (non-hydrogen) atoms. The number of carbonyl (C=O) groups excluding carboxylic acids is 2. The van der Waals surface area contributed by atoms with E-state index in [1.54, 1.807) is 0 Å². The summed E-state index contributed by atoms with van der Waals surface area (Å²) in [6, 6.07) is 4.10. The normalized spacial score (nSPS) is 10.5. The number of ketones is 1. The van der Waals surface area contributed by atoms with Crippen molar-refractivity contribution in [2.24, 2.45) is 0 Å². The Bertz CT molecular complexity index is 588. The third-order valence-electron chi connectivity index (χ3n) is 2.35. The first-order chi connectivity index (χ1) is 8.08. The highest BCUT2D eigenvalue weighted by Gasteiger charge is 2.13. The predicted molar refractivity (Wildman–Crippen MR) is 59.2 cm³/mol. The maximum atomic E-state index is 12.9. The molecule has 0 radical (unpaired) electrons. The average Bonchev–Trinajstić information content (AvgIpc) is 2.68. The number of hydrogen-bond acceptors (Lipinski definition) is 3. The summed E-state index contributed by atoms with van der Waals surface area (Å²) in [5, 5.41) is 0.614. The summed E-state index contributed by atoms with van der Waals surface area (Å²) in [7, 11) is 0. The molecule has 0 spiro atoms. The fourth-order valence-corrected chi connectivity index (χ4v) is 1.57. The molecule has 1 aromatic carbocycles. The minimum absolute atomic E-state index is 0.306. The molecule has 0 atom stereocenters. The zero-order valence-corrected chi connectivity index (χ0v) is 9.12. The van der Waals surface area contributed by atoms with Crippen LogP contribution in [0.1, 0.15) is 17.3 Å². The monoisotopic (exact) mass is 235 g/mol. The van der Waals surface area contributed by atoms with Crippen LogP contribution in [0.25, 0.3) is 10.9 Å². The van der Waals surface area contributed by atoms with Gasteiger partial charge in [0.25, 0.3) is 0 Å². The number of aromatic nitrogens is 1. The lowest BCUT2D eigenvalue weighted by Crippen LogP contribution is -2.11. The van der Waals surface area contributed by atoms with Crippen molar-refractivity contribution in [2.45, 2.75) is 6.92 Å². The van der Waals surface area contributed by atoms with Gasteiger partial charge in [0.2, 0.25) is 5.78 Å². The molecule has 0 aliphatic carbocycles. The van der Waals surface area contributed by atoms with Crippen LogP contribution >= 0.6 is 0 Å². The number of benzene rings is 1. The van der Waals surface area contributed by atoms with E-state index in [4.69, 9.17) is 0 Å². The lowest BCUT2D eigenvalue weighted by atomic mass is 10.1. The second kappa shape index (κ2) is 4.37. The number of halogens is 1. The van der Waals surface area contributed by atoms with Gasteiger partial charge in [0.05, 0.1) is 0 Å². The second-order valence-electron chi connectivity index (χ2n) is 3.60. The minimum atomic E-state index is -0.510. The summed E-state index contributed by atoms with van der Waals surface area (Å²) in [5.41, 5.74) is 0.928. The molecule has 88 valence electrons. The molecule has 0 saturated carbocycles. The van der Waals surface area contributed by atoms with Gasteiger partial charge < -0.3 is 9.72 Å². The minimum Gasteiger partial charge on any atom is -0.457 e. The molecule has 0 bridgehead atoms. The van der Waals surface area contributed by atoms with E-state index in [2.05, 4.69) is 9.72 Å². The van der Waals surface area contributed by atoms with Crippen LogP contribution in [0.3, 0.4) is 0 Å². The van der Waals surface area contributed by atoms with Crippen LogP contribution < -0.4 is 0 Å². The molecule has 2 rings (SSSR count). The molecule has 0 unspecified atom stereocenters. The van der Waals surface area contributed by atoms with Gasteiger partial charge in [0.1, 0.15) is 5.82 Å². The van der Waals surface area contributed by atoms with Crippen LogP contribution in [0.2, 0.25) is 0 Å². The SMILES string of the molecule is CC(=O)OCC(=O)c1c[nH]c2cc(F)ccc12. The van der Waals surface area contributed by atoms with Gasteiger partial charge in [-0.2, -0.15) is 0 Å². The molecule has 0 aliphatic rings. The summed E-state index contributed by atoms with van der Waals surface area (Å²) in [5.74, 6) is -1.21. The van der Waals surface area contributed by atoms with E-state index in [0.717, 1.165) is 0 Å². The Morgan fingerprint density at radius 2 is 2.18 bits per heavy atom. The molecule has 0 saturated heterocycles. The Morgan fingerprint density at radius 3 is 2.88 bits per heavy atom. The Kier molecular flexibility index (Phi) is 2.91. The van der Waals surface area contributed by atoms with Crippen molar-refractivity contribution in [1.82, 2.24) is 4.98 Å². The van der Waals surface area contributed by atoms with E-state index in [-0.39, 0.29) is 18.2 Å². The molecular weight excluding hydrogens is 225 g/mol. The summed E-state index contributed by atoms with van der Waals surface area (Å²) in [4.78, 5) is 25.1. The fraction of sp³-hybridized carbons (Fsp3) is 0.167. The Morgan fingerprint density at radius 1 is 1.41 bits per heavy atom. The van der Waals surface area contributed by atoms with Gasteiger partial charge in [-0.25, -0.2) is 4.39 Å². The summed E-state index contributed by atoms with van der Waals surface area (Å²) >= 11 is 0. The molecule has 0 amide bonds. The zero-order chi connectivity index (χ0) is 12.4. The Hall–Kier alpha value is -2.17. The largest absolute Gasteiger partial charge is 0.457 e. The topological polar surface area (TPSA) is 59.2 Å². The van der Waals surface area contributed by atoms with Gasteiger partial charge in [0.15, 0.2) is 6.61 Å². The highest BCUT2D eigenvalue weighted by atomic mass is 19.1. The summed E-state index contributed by atoms with van der Waals surface area (Å²) < 4.78 is 17.6. The standard InChI is InChI=1S/C12H10FNO3/c1-7(15)17-6-12(16)10-5-14-11-4-8(13)2-3-9(10)11/h2-5,14H,6H2,1H3. The number of fused-ring (bicyclic) bond motifs is 1. The molecule has 4 nitrogen and oxygen atoms in total. The van der Waals surface area contributed by atoms with Gasteiger partial charge in [-0.3, -0.25) is 9.59 Å². The molecular formula is C12H10FNO3. The van der Waals surface area contributed by atoms with E-state index in [0.29, 0.717) is 16.5 Å². The van der Waals surface area contributed by atoms with Crippen molar-refractivity contribution in [1.29, 1.82) is 0 Å². The van der Waals surface area contributed by atoms with Gasteiger partial charge >= 0.3 is 5.97 Å². The Labute approximate surface area is 96.4 Å². The van der Waals surface area contributed by atoms with Crippen molar-refractivity contribution in [3.63, 3.8) is 0 Å². The molecule has 0 fully saturated rings. The fourth-order valence-electron chi connectivity index (χ4n) is 1.57. The number of aromatic amines is 1. The third kappa shape index (κ3) is 2.33. The quantitative estimate of drug-likeness (QED) is 0.654. The lowest BCUT2D eigenvalue weighted by molar-refractivity contribution is -0.139. The van der Waals surface area contributed by atoms with Crippen molar-refractivity contribution >= 4 is 22.7 Å². The third-order valence-corrected chi connectivity index (χ3v) is 2.35. The van der Waals surface area contributed by atoms with E-state index in [1.807, 2.05) is 0 Å². The maximum absolute atomic E-state index is 12.9. The van der Waals surface area contributed by atoms with Crippen molar-refractivity contribution < 1.29 is 18.7 Å². The first kappa shape index (κ1) is 11.3. The smallest absolute Gasteiger partial charge is 0.303 e. The summed E-state index contributed by atoms with van der Waals surface area (Å²) in [6.45, 7) is 0.928. The van der Waals surface area contributed by atoms with Crippen molar-refractivity contribution in [3.8, 4) is 0 Å². The number of esters is 1. The number of ether oxygens (including phenoxy) is 1. The molecule has 2 aromatic rings. The molecule has 1 heterocycles. The van der Waals surface area contributed by atoms with Gasteiger partial charge in [-0.15, -0.1) is 0 Å². The number of H-pyrrole nitrogens is 1. The van der Waals surface area contributed by atoms with E-state index in [9.17, 15) is 14.0 Å². The highest BCUT2D eigenvalue weighted by molar-refractivity contribution is 6.08. The molecule has 1 aromatic heterocycles. The second-order valence-corrected chi connectivity index (χ2v) is 3.60. The van der Waals surface area contributed by atoms with Crippen LogP contribution in [-0.4, -0.2) is 23.3 Å². The average molecular weight is 235 g/mol. The van der Waals surface area contributed by atoms with E-state index in [1.165, 1.54) is 31.3 Å². The number of rotatable bonds is 3. The highest BCUT2D eigenvalue weighted by Crippen LogP contribution is 2.19. The van der Waals surface area contributed by atoms with E-state index >= 15 is 0 Å². The van der Waals surface area contributed by atoms with Gasteiger partial charge in [-0.05, 0) is 18.2 Å². The van der Waals surface area contributed by atoms with Crippen LogP contribution in [0.5, 0.6) is 0 Å². The molecule has 0 aliphatic heterocycles. The van der Waals surface area contributed by atoms with Crippen LogP contribution in [-0.2, 0) is 9.53 Å². The number of hydrogen-bond donors (Lipinski definition) is 1. The number of Topliss-reactive ketones (excluding diaryl/α,β-unsaturated/α-hetero) is 1. The van der Waals surface area contributed by atoms with Crippen LogP contribution in [0, 0.1) is 5.82 Å². The molecule has 1 N–H and O–H groups in total. The zero-order valence-electron chi connectivity index (χ0n) is 9.12. The summed E-state index contributed by atoms with van der Waals surface area (Å²) in [6.07, 6.45) is 1.48. The van der Waals surface area contributed by atoms with Gasteiger partial charge in [-0.1, -0.05) is 0 Å². The van der Waals surface area contributed by atoms with Crippen LogP contribution in [0.4, 0.5) is 4.39 Å². The van der Waals surface area contributed by atoms with Crippen molar-refractivity contribution in [2.75, 3.05) is 6.61 Å². The lowest BCUT2D eigenvalue weighted by Gasteiger charge is -2.00. The number of carbonyl (C=O) groups is 2. The molecule has 5 heteroatoms.